The second-order valence-corrected chi connectivity index (χ2v) is 6.01. The lowest BCUT2D eigenvalue weighted by atomic mass is 9.80. The maximum Gasteiger partial charge on any atom is 0.0615 e. The van der Waals surface area contributed by atoms with Crippen LogP contribution in [0.4, 0.5) is 0 Å². The van der Waals surface area contributed by atoms with Crippen LogP contribution >= 0.6 is 0 Å². The average molecular weight is 275 g/mol. The summed E-state index contributed by atoms with van der Waals surface area (Å²) in [5.41, 5.74) is 1.44. The van der Waals surface area contributed by atoms with Crippen LogP contribution in [0.2, 0.25) is 0 Å². The van der Waals surface area contributed by atoms with Crippen molar-refractivity contribution in [1.82, 2.24) is 5.32 Å². The second-order valence-electron chi connectivity index (χ2n) is 6.01. The molecule has 0 spiro atoms. The molecule has 0 amide bonds. The minimum atomic E-state index is 0.451. The fraction of sp³-hybridized carbons (Fsp3) is 0.667. The van der Waals surface area contributed by atoms with Gasteiger partial charge in [0, 0.05) is 19.2 Å². The summed E-state index contributed by atoms with van der Waals surface area (Å²) in [5.74, 6) is 0.775. The van der Waals surface area contributed by atoms with Gasteiger partial charge in [-0.3, -0.25) is 0 Å². The summed E-state index contributed by atoms with van der Waals surface area (Å²) in [6, 6.07) is 11.9. The molecule has 2 nitrogen and oxygen atoms in total. The summed E-state index contributed by atoms with van der Waals surface area (Å²) in [6.07, 6.45) is 8.01. The molecule has 112 valence electrons. The van der Waals surface area contributed by atoms with E-state index in [4.69, 9.17) is 4.74 Å². The van der Waals surface area contributed by atoms with Crippen molar-refractivity contribution in [1.29, 1.82) is 0 Å². The van der Waals surface area contributed by atoms with Crippen molar-refractivity contribution in [3.05, 3.63) is 35.9 Å². The number of hydrogen-bond acceptors (Lipinski definition) is 2. The third kappa shape index (κ3) is 4.32. The van der Waals surface area contributed by atoms with Crippen molar-refractivity contribution in [2.45, 2.75) is 57.5 Å². The van der Waals surface area contributed by atoms with E-state index in [1.165, 1.54) is 37.7 Å². The summed E-state index contributed by atoms with van der Waals surface area (Å²) in [5, 5.41) is 3.87. The number of rotatable bonds is 7. The van der Waals surface area contributed by atoms with Gasteiger partial charge in [-0.25, -0.2) is 0 Å². The molecule has 1 aliphatic carbocycles. The molecule has 2 rings (SSSR count). The van der Waals surface area contributed by atoms with Gasteiger partial charge in [0.05, 0.1) is 6.61 Å². The van der Waals surface area contributed by atoms with Gasteiger partial charge in [-0.05, 0) is 30.7 Å². The van der Waals surface area contributed by atoms with Crippen molar-refractivity contribution in [3.8, 4) is 0 Å². The number of nitrogens with one attached hydrogen (secondary N) is 1. The number of ether oxygens (including phenoxy) is 1. The fourth-order valence-electron chi connectivity index (χ4n) is 3.37. The maximum atomic E-state index is 5.36. The average Bonchev–Trinajstić information content (AvgIpc) is 2.53. The highest BCUT2D eigenvalue weighted by atomic mass is 16.5. The third-order valence-electron chi connectivity index (χ3n) is 4.56. The van der Waals surface area contributed by atoms with Gasteiger partial charge < -0.3 is 10.1 Å². The molecular formula is C18H29NO. The molecule has 1 saturated carbocycles. The number of hydrogen-bond donors (Lipinski definition) is 1. The molecule has 1 fully saturated rings. The first-order valence-electron chi connectivity index (χ1n) is 8.15. The molecule has 1 N–H and O–H groups in total. The molecule has 0 bridgehead atoms. The van der Waals surface area contributed by atoms with E-state index in [1.807, 2.05) is 0 Å². The van der Waals surface area contributed by atoms with E-state index in [0.29, 0.717) is 12.1 Å². The van der Waals surface area contributed by atoms with E-state index < -0.39 is 0 Å². The van der Waals surface area contributed by atoms with Crippen molar-refractivity contribution in [2.75, 3.05) is 13.7 Å². The van der Waals surface area contributed by atoms with E-state index in [9.17, 15) is 0 Å². The van der Waals surface area contributed by atoms with E-state index in [0.717, 1.165) is 18.9 Å². The van der Waals surface area contributed by atoms with Crippen LogP contribution in [0, 0.1) is 5.92 Å². The fourth-order valence-corrected chi connectivity index (χ4v) is 3.37. The zero-order valence-corrected chi connectivity index (χ0v) is 13.0. The first-order valence-corrected chi connectivity index (χ1v) is 8.15. The Bertz CT molecular complexity index is 359. The number of methoxy groups -OCH3 is 1. The zero-order chi connectivity index (χ0) is 14.2. The first-order chi connectivity index (χ1) is 9.85. The summed E-state index contributed by atoms with van der Waals surface area (Å²) >= 11 is 0. The van der Waals surface area contributed by atoms with Crippen LogP contribution in [0.15, 0.2) is 30.3 Å². The Labute approximate surface area is 123 Å². The van der Waals surface area contributed by atoms with Crippen molar-refractivity contribution < 1.29 is 4.74 Å². The third-order valence-corrected chi connectivity index (χ3v) is 4.56. The predicted octanol–water partition coefficient (Wildman–Crippen LogP) is 4.32. The quantitative estimate of drug-likeness (QED) is 0.800. The molecule has 1 aromatic rings. The lowest BCUT2D eigenvalue weighted by molar-refractivity contribution is 0.145. The molecule has 0 heterocycles. The van der Waals surface area contributed by atoms with Gasteiger partial charge >= 0.3 is 0 Å². The van der Waals surface area contributed by atoms with E-state index in [2.05, 4.69) is 42.6 Å². The molecule has 1 aliphatic rings. The minimum absolute atomic E-state index is 0.451. The Kier molecular flexibility index (Phi) is 6.55. The topological polar surface area (TPSA) is 21.3 Å². The summed E-state index contributed by atoms with van der Waals surface area (Å²) < 4.78 is 5.36. The van der Waals surface area contributed by atoms with Crippen LogP contribution in [0.5, 0.6) is 0 Å². The van der Waals surface area contributed by atoms with Crippen LogP contribution in [0.3, 0.4) is 0 Å². The van der Waals surface area contributed by atoms with E-state index >= 15 is 0 Å². The maximum absolute atomic E-state index is 5.36. The standard InChI is InChI=1S/C18H29NO/c1-3-17(14-20-2)19-18(15-10-6-4-7-11-15)16-12-8-5-9-13-16/h4,6-7,10-11,16-19H,3,5,8-9,12-14H2,1-2H3. The van der Waals surface area contributed by atoms with Crippen LogP contribution in [-0.2, 0) is 4.74 Å². The van der Waals surface area contributed by atoms with Gasteiger partial charge in [0.2, 0.25) is 0 Å². The molecule has 2 atom stereocenters. The largest absolute Gasteiger partial charge is 0.383 e. The highest BCUT2D eigenvalue weighted by molar-refractivity contribution is 5.20. The van der Waals surface area contributed by atoms with Crippen LogP contribution in [-0.4, -0.2) is 19.8 Å². The van der Waals surface area contributed by atoms with E-state index in [1.54, 1.807) is 7.11 Å². The Morgan fingerprint density at radius 3 is 2.45 bits per heavy atom. The molecule has 1 aromatic carbocycles. The minimum Gasteiger partial charge on any atom is -0.383 e. The summed E-state index contributed by atoms with van der Waals surface area (Å²) in [4.78, 5) is 0. The summed E-state index contributed by atoms with van der Waals surface area (Å²) in [6.45, 7) is 3.03. The molecule has 0 saturated heterocycles. The normalized spacial score (nSPS) is 19.7. The molecule has 2 heteroatoms. The molecular weight excluding hydrogens is 246 g/mol. The van der Waals surface area contributed by atoms with E-state index in [-0.39, 0.29) is 0 Å². The zero-order valence-electron chi connectivity index (χ0n) is 13.0. The van der Waals surface area contributed by atoms with Crippen LogP contribution < -0.4 is 5.32 Å². The SMILES string of the molecule is CCC(COC)NC(c1ccccc1)C1CCCCC1. The van der Waals surface area contributed by atoms with Gasteiger partial charge in [-0.15, -0.1) is 0 Å². The highest BCUT2D eigenvalue weighted by Crippen LogP contribution is 2.34. The van der Waals surface area contributed by atoms with Crippen molar-refractivity contribution in [3.63, 3.8) is 0 Å². The van der Waals surface area contributed by atoms with Gasteiger partial charge in [-0.2, -0.15) is 0 Å². The molecule has 0 aliphatic heterocycles. The molecule has 2 unspecified atom stereocenters. The van der Waals surface area contributed by atoms with Gasteiger partial charge in [0.1, 0.15) is 0 Å². The monoisotopic (exact) mass is 275 g/mol. The van der Waals surface area contributed by atoms with Crippen molar-refractivity contribution >= 4 is 0 Å². The Balaban J connectivity index is 2.10. The van der Waals surface area contributed by atoms with Gasteiger partial charge in [0.15, 0.2) is 0 Å². The Morgan fingerprint density at radius 2 is 1.85 bits per heavy atom. The lowest BCUT2D eigenvalue weighted by Gasteiger charge is -2.34. The smallest absolute Gasteiger partial charge is 0.0615 e. The Hall–Kier alpha value is -0.860. The first kappa shape index (κ1) is 15.5. The predicted molar refractivity (Wildman–Crippen MR) is 84.8 cm³/mol. The Morgan fingerprint density at radius 1 is 1.15 bits per heavy atom. The lowest BCUT2D eigenvalue weighted by Crippen LogP contribution is -2.39. The van der Waals surface area contributed by atoms with Crippen LogP contribution in [0.25, 0.3) is 0 Å². The molecule has 0 aromatic heterocycles. The van der Waals surface area contributed by atoms with Crippen LogP contribution in [0.1, 0.15) is 57.1 Å². The van der Waals surface area contributed by atoms with Crippen molar-refractivity contribution in [2.24, 2.45) is 5.92 Å². The number of benzene rings is 1. The van der Waals surface area contributed by atoms with Gasteiger partial charge in [0.25, 0.3) is 0 Å². The second kappa shape index (κ2) is 8.43. The summed E-state index contributed by atoms with van der Waals surface area (Å²) in [7, 11) is 1.79. The molecule has 20 heavy (non-hydrogen) atoms. The van der Waals surface area contributed by atoms with Gasteiger partial charge in [-0.1, -0.05) is 56.5 Å². The molecule has 0 radical (unpaired) electrons. The highest BCUT2D eigenvalue weighted by Gasteiger charge is 2.26.